The molecule has 3 heterocycles. The normalized spacial score (nSPS) is 24.4. The summed E-state index contributed by atoms with van der Waals surface area (Å²) >= 11 is 0. The summed E-state index contributed by atoms with van der Waals surface area (Å²) in [5.41, 5.74) is 1.27. The van der Waals surface area contributed by atoms with Crippen molar-refractivity contribution in [3.05, 3.63) is 29.8 Å². The van der Waals surface area contributed by atoms with Gasteiger partial charge >= 0.3 is 0 Å². The topological polar surface area (TPSA) is 66.4 Å². The summed E-state index contributed by atoms with van der Waals surface area (Å²) in [6, 6.07) is 8.28. The molecule has 0 radical (unpaired) electrons. The maximum absolute atomic E-state index is 12.5. The van der Waals surface area contributed by atoms with Gasteiger partial charge in [0, 0.05) is 52.3 Å². The first-order chi connectivity index (χ1) is 13.8. The van der Waals surface area contributed by atoms with Gasteiger partial charge in [0.1, 0.15) is 11.9 Å². The van der Waals surface area contributed by atoms with E-state index in [0.29, 0.717) is 12.5 Å². The summed E-state index contributed by atoms with van der Waals surface area (Å²) < 4.78 is 11.3. The highest BCUT2D eigenvalue weighted by molar-refractivity contribution is 14.0. The van der Waals surface area contributed by atoms with Crippen LogP contribution in [0.15, 0.2) is 29.3 Å². The standard InChI is InChI=1S/C21H30N4O3.HI/c1-22-21(23-15-16-8-14-28-18-6-3-2-5-17(16)18)25-11-9-24(10-12-25)20(26)19-7-4-13-27-19;/h2-3,5-6,16,19H,4,7-15H2,1H3,(H,22,23);1H. The van der Waals surface area contributed by atoms with E-state index in [1.165, 1.54) is 5.56 Å². The first kappa shape index (κ1) is 22.1. The lowest BCUT2D eigenvalue weighted by molar-refractivity contribution is -0.142. The van der Waals surface area contributed by atoms with E-state index in [-0.39, 0.29) is 36.0 Å². The van der Waals surface area contributed by atoms with E-state index in [2.05, 4.69) is 27.3 Å². The van der Waals surface area contributed by atoms with Crippen LogP contribution in [0.1, 0.15) is 30.7 Å². The number of carbonyl (C=O) groups is 1. The number of benzene rings is 1. The Morgan fingerprint density at radius 2 is 1.90 bits per heavy atom. The van der Waals surface area contributed by atoms with E-state index >= 15 is 0 Å². The van der Waals surface area contributed by atoms with Crippen LogP contribution in [0, 0.1) is 0 Å². The molecular weight excluding hydrogens is 483 g/mol. The van der Waals surface area contributed by atoms with Gasteiger partial charge < -0.3 is 24.6 Å². The third-order valence-corrected chi connectivity index (χ3v) is 5.90. The third-order valence-electron chi connectivity index (χ3n) is 5.90. The number of halogens is 1. The van der Waals surface area contributed by atoms with E-state index in [9.17, 15) is 4.79 Å². The van der Waals surface area contributed by atoms with Gasteiger partial charge in [-0.25, -0.2) is 0 Å². The maximum Gasteiger partial charge on any atom is 0.251 e. The van der Waals surface area contributed by atoms with Crippen molar-refractivity contribution in [3.63, 3.8) is 0 Å². The summed E-state index contributed by atoms with van der Waals surface area (Å²) in [5.74, 6) is 2.48. The zero-order valence-corrected chi connectivity index (χ0v) is 19.3. The van der Waals surface area contributed by atoms with Crippen molar-refractivity contribution in [3.8, 4) is 5.75 Å². The molecule has 0 aromatic heterocycles. The lowest BCUT2D eigenvalue weighted by atomic mass is 9.93. The van der Waals surface area contributed by atoms with Crippen LogP contribution in [0.5, 0.6) is 5.75 Å². The number of hydrogen-bond donors (Lipinski definition) is 1. The molecule has 8 heteroatoms. The zero-order valence-electron chi connectivity index (χ0n) is 17.0. The average molecular weight is 514 g/mol. The number of nitrogens with one attached hydrogen (secondary N) is 1. The predicted molar refractivity (Wildman–Crippen MR) is 123 cm³/mol. The Morgan fingerprint density at radius 1 is 1.14 bits per heavy atom. The van der Waals surface area contributed by atoms with Crippen molar-refractivity contribution in [2.75, 3.05) is 53.0 Å². The highest BCUT2D eigenvalue weighted by atomic mass is 127. The van der Waals surface area contributed by atoms with Crippen molar-refractivity contribution >= 4 is 35.8 Å². The van der Waals surface area contributed by atoms with Crippen molar-refractivity contribution < 1.29 is 14.3 Å². The van der Waals surface area contributed by atoms with Gasteiger partial charge in [-0.15, -0.1) is 24.0 Å². The number of rotatable bonds is 3. The van der Waals surface area contributed by atoms with E-state index < -0.39 is 0 Å². The number of carbonyl (C=O) groups excluding carboxylic acids is 1. The van der Waals surface area contributed by atoms with Gasteiger partial charge in [-0.3, -0.25) is 9.79 Å². The van der Waals surface area contributed by atoms with Crippen LogP contribution in [-0.2, 0) is 9.53 Å². The lowest BCUT2D eigenvalue weighted by Crippen LogP contribution is -2.55. The summed E-state index contributed by atoms with van der Waals surface area (Å²) in [6.07, 6.45) is 2.62. The first-order valence-corrected chi connectivity index (χ1v) is 10.3. The number of hydrogen-bond acceptors (Lipinski definition) is 4. The predicted octanol–water partition coefficient (Wildman–Crippen LogP) is 2.07. The summed E-state index contributed by atoms with van der Waals surface area (Å²) in [5, 5.41) is 3.54. The molecule has 1 aromatic rings. The van der Waals surface area contributed by atoms with Gasteiger partial charge in [-0.2, -0.15) is 0 Å². The molecule has 0 bridgehead atoms. The molecule has 0 spiro atoms. The SMILES string of the molecule is CN=C(NCC1CCOc2ccccc21)N1CCN(C(=O)C2CCCO2)CC1.I. The number of piperazine rings is 1. The molecule has 2 unspecified atom stereocenters. The number of fused-ring (bicyclic) bond motifs is 1. The highest BCUT2D eigenvalue weighted by Crippen LogP contribution is 2.32. The van der Waals surface area contributed by atoms with Crippen molar-refractivity contribution in [2.24, 2.45) is 4.99 Å². The molecule has 1 aromatic carbocycles. The van der Waals surface area contributed by atoms with E-state index in [4.69, 9.17) is 9.47 Å². The van der Waals surface area contributed by atoms with Crippen LogP contribution < -0.4 is 10.1 Å². The summed E-state index contributed by atoms with van der Waals surface area (Å²) in [6.45, 7) is 5.33. The van der Waals surface area contributed by atoms with Crippen LogP contribution in [0.3, 0.4) is 0 Å². The van der Waals surface area contributed by atoms with Gasteiger partial charge in [0.15, 0.2) is 5.96 Å². The molecule has 160 valence electrons. The fourth-order valence-electron chi connectivity index (χ4n) is 4.29. The second-order valence-corrected chi connectivity index (χ2v) is 7.61. The number of nitrogens with zero attached hydrogens (tertiary/aromatic N) is 3. The molecule has 2 atom stereocenters. The average Bonchev–Trinajstić information content (AvgIpc) is 3.29. The summed E-state index contributed by atoms with van der Waals surface area (Å²) in [7, 11) is 1.82. The van der Waals surface area contributed by atoms with Gasteiger partial charge in [-0.1, -0.05) is 18.2 Å². The minimum Gasteiger partial charge on any atom is -0.493 e. The molecular formula is C21H31IN4O3. The largest absolute Gasteiger partial charge is 0.493 e. The Bertz CT molecular complexity index is 716. The summed E-state index contributed by atoms with van der Waals surface area (Å²) in [4.78, 5) is 21.2. The first-order valence-electron chi connectivity index (χ1n) is 10.3. The smallest absolute Gasteiger partial charge is 0.251 e. The molecule has 3 aliphatic rings. The van der Waals surface area contributed by atoms with Gasteiger partial charge in [0.2, 0.25) is 0 Å². The Labute approximate surface area is 189 Å². The number of guanidine groups is 1. The Hall–Kier alpha value is -1.55. The molecule has 2 fully saturated rings. The fourth-order valence-corrected chi connectivity index (χ4v) is 4.29. The molecule has 4 rings (SSSR count). The van der Waals surface area contributed by atoms with E-state index in [0.717, 1.165) is 70.3 Å². The number of aliphatic imine (C=N–C) groups is 1. The fraction of sp³-hybridized carbons (Fsp3) is 0.619. The Balaban J connectivity index is 0.00000240. The molecule has 1 amide bonds. The van der Waals surface area contributed by atoms with Gasteiger partial charge in [0.05, 0.1) is 6.61 Å². The zero-order chi connectivity index (χ0) is 19.3. The van der Waals surface area contributed by atoms with Crippen molar-refractivity contribution in [1.29, 1.82) is 0 Å². The second kappa shape index (κ2) is 10.5. The van der Waals surface area contributed by atoms with E-state index in [1.807, 2.05) is 24.1 Å². The maximum atomic E-state index is 12.5. The molecule has 29 heavy (non-hydrogen) atoms. The second-order valence-electron chi connectivity index (χ2n) is 7.61. The highest BCUT2D eigenvalue weighted by Gasteiger charge is 2.31. The minimum absolute atomic E-state index is 0. The van der Waals surface area contributed by atoms with E-state index in [1.54, 1.807) is 0 Å². The number of ether oxygens (including phenoxy) is 2. The Morgan fingerprint density at radius 3 is 2.62 bits per heavy atom. The van der Waals surface area contributed by atoms with Gasteiger partial charge in [-0.05, 0) is 30.9 Å². The quantitative estimate of drug-likeness (QED) is 0.380. The monoisotopic (exact) mass is 514 g/mol. The lowest BCUT2D eigenvalue weighted by Gasteiger charge is -2.37. The van der Waals surface area contributed by atoms with Crippen LogP contribution in [0.25, 0.3) is 0 Å². The molecule has 7 nitrogen and oxygen atoms in total. The molecule has 1 N–H and O–H groups in total. The third kappa shape index (κ3) is 5.14. The molecule has 0 saturated carbocycles. The van der Waals surface area contributed by atoms with Crippen molar-refractivity contribution in [1.82, 2.24) is 15.1 Å². The van der Waals surface area contributed by atoms with Crippen LogP contribution in [0.4, 0.5) is 0 Å². The molecule has 3 aliphatic heterocycles. The van der Waals surface area contributed by atoms with Crippen LogP contribution >= 0.6 is 24.0 Å². The number of amides is 1. The van der Waals surface area contributed by atoms with Crippen molar-refractivity contribution in [2.45, 2.75) is 31.3 Å². The Kier molecular flexibility index (Phi) is 7.99. The van der Waals surface area contributed by atoms with Crippen LogP contribution in [0.2, 0.25) is 0 Å². The van der Waals surface area contributed by atoms with Gasteiger partial charge in [0.25, 0.3) is 5.91 Å². The molecule has 0 aliphatic carbocycles. The minimum atomic E-state index is -0.224. The molecule has 2 saturated heterocycles. The number of para-hydroxylation sites is 1. The van der Waals surface area contributed by atoms with Crippen LogP contribution in [-0.4, -0.2) is 80.8 Å².